The number of benzene rings is 1. The average molecular weight is 564 g/mol. The molecule has 1 N–H and O–H groups in total. The first kappa shape index (κ1) is 28.2. The Morgan fingerprint density at radius 2 is 2.00 bits per heavy atom. The second-order valence-electron chi connectivity index (χ2n) is 12.8. The molecule has 3 aliphatic heterocycles. The number of nitrogens with one attached hydrogen (secondary N) is 1. The number of aromatic nitrogens is 3. The van der Waals surface area contributed by atoms with Crippen LogP contribution in [0.5, 0.6) is 0 Å². The van der Waals surface area contributed by atoms with E-state index in [-0.39, 0.29) is 29.1 Å². The number of fused-ring (bicyclic) bond motifs is 3. The highest BCUT2D eigenvalue weighted by atomic mass is 19.1. The molecule has 10 heteroatoms. The predicted octanol–water partition coefficient (Wildman–Crippen LogP) is 3.03. The number of carbonyl (C=O) groups excluding carboxylic acids is 1. The lowest BCUT2D eigenvalue weighted by Gasteiger charge is -2.43. The predicted molar refractivity (Wildman–Crippen MR) is 157 cm³/mol. The van der Waals surface area contributed by atoms with Gasteiger partial charge in [0, 0.05) is 67.7 Å². The van der Waals surface area contributed by atoms with E-state index >= 15 is 0 Å². The van der Waals surface area contributed by atoms with E-state index in [1.807, 2.05) is 21.5 Å². The Morgan fingerprint density at radius 3 is 2.76 bits per heavy atom. The number of rotatable bonds is 6. The first-order valence-electron chi connectivity index (χ1n) is 14.8. The molecule has 2 aromatic heterocycles. The Kier molecular flexibility index (Phi) is 7.61. The standard InChI is InChI=1S/C31H42FN7O2/c1-20-14-37(25(13-33-20)15-36-10-11-41-17-21(36)2)16-28(40)38-18-31(4,5)29-27(38)12-26(30-34-19-35-39(29)30)22(3)23-6-8-24(32)9-7-23/h6-9,12,19-22,25,33H,10-11,13-18H2,1-5H3/t20-,21-,22?,25-/m1/s1. The van der Waals surface area contributed by atoms with Crippen LogP contribution >= 0.6 is 0 Å². The average Bonchev–Trinajstić information content (AvgIpc) is 3.53. The van der Waals surface area contributed by atoms with Crippen LogP contribution in [0, 0.1) is 5.82 Å². The van der Waals surface area contributed by atoms with Crippen molar-refractivity contribution >= 4 is 17.2 Å². The molecule has 1 amide bonds. The molecule has 0 aliphatic carbocycles. The second kappa shape index (κ2) is 11.1. The molecule has 3 aliphatic rings. The maximum atomic E-state index is 14.2. The Labute approximate surface area is 241 Å². The van der Waals surface area contributed by atoms with E-state index in [2.05, 4.69) is 65.9 Å². The topological polar surface area (TPSA) is 78.2 Å². The van der Waals surface area contributed by atoms with Crippen molar-refractivity contribution in [2.45, 2.75) is 64.1 Å². The van der Waals surface area contributed by atoms with Crippen molar-refractivity contribution in [3.05, 3.63) is 59.3 Å². The molecular weight excluding hydrogens is 521 g/mol. The molecule has 5 heterocycles. The van der Waals surface area contributed by atoms with Gasteiger partial charge in [-0.2, -0.15) is 5.10 Å². The molecule has 2 saturated heterocycles. The summed E-state index contributed by atoms with van der Waals surface area (Å²) in [5.41, 5.74) is 4.33. The van der Waals surface area contributed by atoms with Crippen LogP contribution in [0.15, 0.2) is 36.7 Å². The first-order valence-corrected chi connectivity index (χ1v) is 14.8. The number of nitrogens with zero attached hydrogens (tertiary/aromatic N) is 6. The summed E-state index contributed by atoms with van der Waals surface area (Å²) in [6.07, 6.45) is 1.58. The van der Waals surface area contributed by atoms with Gasteiger partial charge in [-0.15, -0.1) is 0 Å². The minimum absolute atomic E-state index is 0.0535. The molecule has 0 radical (unpaired) electrons. The first-order chi connectivity index (χ1) is 19.6. The van der Waals surface area contributed by atoms with Crippen molar-refractivity contribution in [1.82, 2.24) is 29.7 Å². The van der Waals surface area contributed by atoms with Crippen LogP contribution < -0.4 is 10.2 Å². The second-order valence-corrected chi connectivity index (χ2v) is 12.8. The molecule has 9 nitrogen and oxygen atoms in total. The number of ether oxygens (including phenoxy) is 1. The number of pyridine rings is 1. The number of piperazine rings is 1. The third kappa shape index (κ3) is 5.38. The number of hydrogen-bond acceptors (Lipinski definition) is 7. The van der Waals surface area contributed by atoms with E-state index in [1.54, 1.807) is 6.33 Å². The van der Waals surface area contributed by atoms with Gasteiger partial charge in [0.1, 0.15) is 12.1 Å². The summed E-state index contributed by atoms with van der Waals surface area (Å²) in [5, 5.41) is 8.24. The Hall–Kier alpha value is -2.92. The SMILES string of the molecule is CC(c1ccc(F)cc1)c1cc2c(n3ncnc13)C(C)(C)CN2C(=O)CN1C[C@@H](C)NC[C@@H]1CN1CCOC[C@H]1C. The quantitative estimate of drug-likeness (QED) is 0.494. The normalized spacial score (nSPS) is 25.9. The molecule has 4 atom stereocenters. The van der Waals surface area contributed by atoms with E-state index in [0.29, 0.717) is 25.2 Å². The summed E-state index contributed by atoms with van der Waals surface area (Å²) in [5.74, 6) is -0.211. The Bertz CT molecular complexity index is 1410. The zero-order valence-corrected chi connectivity index (χ0v) is 24.8. The lowest BCUT2D eigenvalue weighted by Crippen LogP contribution is -2.62. The van der Waals surface area contributed by atoms with Gasteiger partial charge in [0.25, 0.3) is 0 Å². The van der Waals surface area contributed by atoms with Gasteiger partial charge in [0.05, 0.1) is 31.1 Å². The fraction of sp³-hybridized carbons (Fsp3) is 0.581. The van der Waals surface area contributed by atoms with Gasteiger partial charge < -0.3 is 15.0 Å². The van der Waals surface area contributed by atoms with Gasteiger partial charge in [0.15, 0.2) is 5.65 Å². The summed E-state index contributed by atoms with van der Waals surface area (Å²) in [7, 11) is 0. The van der Waals surface area contributed by atoms with Crippen molar-refractivity contribution in [2.75, 3.05) is 57.4 Å². The minimum atomic E-state index is -0.298. The third-order valence-corrected chi connectivity index (χ3v) is 9.19. The van der Waals surface area contributed by atoms with Crippen molar-refractivity contribution < 1.29 is 13.9 Å². The van der Waals surface area contributed by atoms with E-state index < -0.39 is 0 Å². The smallest absolute Gasteiger partial charge is 0.241 e. The molecule has 3 aromatic rings. The van der Waals surface area contributed by atoms with Crippen LogP contribution in [-0.4, -0.2) is 101 Å². The molecule has 1 aromatic carbocycles. The number of anilines is 1. The van der Waals surface area contributed by atoms with Gasteiger partial charge in [-0.25, -0.2) is 13.9 Å². The maximum Gasteiger partial charge on any atom is 0.241 e. The lowest BCUT2D eigenvalue weighted by atomic mass is 9.89. The fourth-order valence-corrected chi connectivity index (χ4v) is 6.83. The summed E-state index contributed by atoms with van der Waals surface area (Å²) >= 11 is 0. The molecule has 2 fully saturated rings. The largest absolute Gasteiger partial charge is 0.379 e. The van der Waals surface area contributed by atoms with Crippen LogP contribution in [0.2, 0.25) is 0 Å². The van der Waals surface area contributed by atoms with Crippen LogP contribution in [0.1, 0.15) is 57.4 Å². The maximum absolute atomic E-state index is 14.2. The molecule has 0 bridgehead atoms. The molecule has 0 spiro atoms. The van der Waals surface area contributed by atoms with Crippen molar-refractivity contribution in [2.24, 2.45) is 0 Å². The summed E-state index contributed by atoms with van der Waals surface area (Å²) < 4.78 is 21.2. The monoisotopic (exact) mass is 563 g/mol. The van der Waals surface area contributed by atoms with Gasteiger partial charge >= 0.3 is 0 Å². The van der Waals surface area contributed by atoms with Gasteiger partial charge in [-0.3, -0.25) is 14.6 Å². The van der Waals surface area contributed by atoms with Crippen molar-refractivity contribution in [3.63, 3.8) is 0 Å². The molecule has 0 saturated carbocycles. The lowest BCUT2D eigenvalue weighted by molar-refractivity contribution is -0.121. The van der Waals surface area contributed by atoms with E-state index in [4.69, 9.17) is 4.74 Å². The Balaban J connectivity index is 1.30. The molecule has 1 unspecified atom stereocenters. The fourth-order valence-electron chi connectivity index (χ4n) is 6.83. The molecule has 41 heavy (non-hydrogen) atoms. The van der Waals surface area contributed by atoms with Gasteiger partial charge in [-0.05, 0) is 37.6 Å². The summed E-state index contributed by atoms with van der Waals surface area (Å²) in [6.45, 7) is 16.8. The van der Waals surface area contributed by atoms with Crippen LogP contribution in [0.4, 0.5) is 10.1 Å². The number of amides is 1. The molecular formula is C31H42FN7O2. The van der Waals surface area contributed by atoms with Crippen LogP contribution in [0.3, 0.4) is 0 Å². The van der Waals surface area contributed by atoms with E-state index in [9.17, 15) is 9.18 Å². The minimum Gasteiger partial charge on any atom is -0.379 e. The summed E-state index contributed by atoms with van der Waals surface area (Å²) in [6, 6.07) is 9.66. The van der Waals surface area contributed by atoms with E-state index in [0.717, 1.165) is 67.5 Å². The van der Waals surface area contributed by atoms with Gasteiger partial charge in [-0.1, -0.05) is 32.9 Å². The number of halogens is 1. The van der Waals surface area contributed by atoms with Crippen molar-refractivity contribution in [1.29, 1.82) is 0 Å². The van der Waals surface area contributed by atoms with Crippen LogP contribution in [-0.2, 0) is 14.9 Å². The summed E-state index contributed by atoms with van der Waals surface area (Å²) in [4.78, 5) is 25.6. The number of hydrogen-bond donors (Lipinski definition) is 1. The zero-order chi connectivity index (χ0) is 28.9. The zero-order valence-electron chi connectivity index (χ0n) is 24.8. The molecule has 6 rings (SSSR count). The Morgan fingerprint density at radius 1 is 1.22 bits per heavy atom. The highest BCUT2D eigenvalue weighted by molar-refractivity contribution is 5.98. The molecule has 220 valence electrons. The third-order valence-electron chi connectivity index (χ3n) is 9.19. The van der Waals surface area contributed by atoms with E-state index in [1.165, 1.54) is 12.1 Å². The van der Waals surface area contributed by atoms with Gasteiger partial charge in [0.2, 0.25) is 5.91 Å². The highest BCUT2D eigenvalue weighted by Gasteiger charge is 2.43. The number of morpholine rings is 1. The highest BCUT2D eigenvalue weighted by Crippen LogP contribution is 2.43. The van der Waals surface area contributed by atoms with Crippen LogP contribution in [0.25, 0.3) is 5.65 Å². The van der Waals surface area contributed by atoms with Crippen molar-refractivity contribution in [3.8, 4) is 0 Å². The number of carbonyl (C=O) groups is 1.